The minimum absolute atomic E-state index is 0. The topological polar surface area (TPSA) is 0 Å². The van der Waals surface area contributed by atoms with Crippen LogP contribution >= 0.6 is 0 Å². The van der Waals surface area contributed by atoms with Gasteiger partial charge >= 0.3 is 0 Å². The Bertz CT molecular complexity index is 79.9. The zero-order valence-corrected chi connectivity index (χ0v) is 5.28. The van der Waals surface area contributed by atoms with Crippen LogP contribution in [-0.2, 0) is 0 Å². The van der Waals surface area contributed by atoms with Crippen molar-refractivity contribution >= 4 is 0 Å². The zero-order chi connectivity index (χ0) is 5.70. The van der Waals surface area contributed by atoms with Gasteiger partial charge in [0, 0.05) is 6.42 Å². The Labute approximate surface area is 53.3 Å². The Kier molecular flexibility index (Phi) is 8.63. The molecule has 0 saturated carbocycles. The molecule has 0 fully saturated rings. The van der Waals surface area contributed by atoms with Crippen LogP contribution in [-0.4, -0.2) is 0 Å². The van der Waals surface area contributed by atoms with Gasteiger partial charge in [0.25, 0.3) is 0 Å². The summed E-state index contributed by atoms with van der Waals surface area (Å²) >= 11 is 0. The van der Waals surface area contributed by atoms with Crippen LogP contribution in [0.2, 0.25) is 0 Å². The fourth-order valence-electron chi connectivity index (χ4n) is 0.306. The van der Waals surface area contributed by atoms with Gasteiger partial charge in [0.1, 0.15) is 0 Å². The summed E-state index contributed by atoms with van der Waals surface area (Å²) < 4.78 is 0. The summed E-state index contributed by atoms with van der Waals surface area (Å²) in [5.74, 6) is 6.58. The van der Waals surface area contributed by atoms with Gasteiger partial charge in [0.15, 0.2) is 0 Å². The molecule has 0 atom stereocenters. The fraction of sp³-hybridized carbons (Fsp3) is 0.750. The van der Waals surface area contributed by atoms with Crippen LogP contribution in [0.5, 0.6) is 0 Å². The second-order valence-electron chi connectivity index (χ2n) is 2.02. The third kappa shape index (κ3) is 9.12. The summed E-state index contributed by atoms with van der Waals surface area (Å²) in [4.78, 5) is 0. The maximum Gasteiger partial charge on any atom is 0.0112 e. The van der Waals surface area contributed by atoms with Gasteiger partial charge in [0.2, 0.25) is 0 Å². The second-order valence-corrected chi connectivity index (χ2v) is 2.02. The van der Waals surface area contributed by atoms with Gasteiger partial charge in [-0.2, -0.15) is 0 Å². The van der Waals surface area contributed by atoms with Crippen molar-refractivity contribution in [1.29, 1.82) is 0 Å². The Morgan fingerprint density at radius 2 is 1.88 bits per heavy atom. The van der Waals surface area contributed by atoms with Crippen molar-refractivity contribution in [3.05, 3.63) is 0 Å². The predicted molar refractivity (Wildman–Crippen MR) is 39.6 cm³/mol. The Balaban J connectivity index is 0. The molecule has 0 aromatic carbocycles. The van der Waals surface area contributed by atoms with Gasteiger partial charge in [-0.05, 0) is 12.8 Å². The Morgan fingerprint density at radius 3 is 2.00 bits per heavy atom. The highest BCUT2D eigenvalue weighted by atomic mass is 13.9. The van der Waals surface area contributed by atoms with Gasteiger partial charge in [-0.1, -0.05) is 21.3 Å². The first-order valence-electron chi connectivity index (χ1n) is 2.67. The number of hydrogen-bond donors (Lipinski definition) is 0. The lowest BCUT2D eigenvalue weighted by Crippen LogP contribution is -1.80. The molecule has 0 N–H and O–H groups in total. The molecule has 0 rings (SSSR count). The van der Waals surface area contributed by atoms with Gasteiger partial charge in [-0.3, -0.25) is 0 Å². The molecule has 0 saturated heterocycles. The molecular formula is C8H16. The van der Waals surface area contributed by atoms with Crippen LogP contribution < -0.4 is 0 Å². The maximum atomic E-state index is 3.00. The first-order valence-corrected chi connectivity index (χ1v) is 2.67. The van der Waals surface area contributed by atoms with Crippen molar-refractivity contribution in [3.63, 3.8) is 0 Å². The summed E-state index contributed by atoms with van der Waals surface area (Å²) in [5, 5.41) is 0. The van der Waals surface area contributed by atoms with E-state index in [2.05, 4.69) is 25.7 Å². The largest absolute Gasteiger partial charge is 0.107 e. The summed E-state index contributed by atoms with van der Waals surface area (Å²) in [6, 6.07) is 0. The summed E-state index contributed by atoms with van der Waals surface area (Å²) in [6.45, 7) is 6.22. The van der Waals surface area contributed by atoms with E-state index in [1.54, 1.807) is 0 Å². The van der Waals surface area contributed by atoms with Crippen LogP contribution in [0.1, 0.15) is 34.6 Å². The average Bonchev–Trinajstić information content (AvgIpc) is 1.61. The van der Waals surface area contributed by atoms with Gasteiger partial charge in [-0.15, -0.1) is 11.8 Å². The third-order valence-corrected chi connectivity index (χ3v) is 0.687. The Hall–Kier alpha value is -0.440. The van der Waals surface area contributed by atoms with E-state index in [1.165, 1.54) is 0 Å². The lowest BCUT2D eigenvalue weighted by Gasteiger charge is -1.91. The van der Waals surface area contributed by atoms with E-state index < -0.39 is 0 Å². The third-order valence-electron chi connectivity index (χ3n) is 0.687. The average molecular weight is 112 g/mol. The van der Waals surface area contributed by atoms with E-state index in [4.69, 9.17) is 0 Å². The quantitative estimate of drug-likeness (QED) is 0.457. The number of rotatable bonds is 1. The highest BCUT2D eigenvalue weighted by Crippen LogP contribution is 1.94. The minimum atomic E-state index is 0. The van der Waals surface area contributed by atoms with Crippen molar-refractivity contribution < 1.29 is 0 Å². The predicted octanol–water partition coefficient (Wildman–Crippen LogP) is 2.69. The SMILES string of the molecule is C.CC#CCC(C)C. The lowest BCUT2D eigenvalue weighted by molar-refractivity contribution is 0.676. The van der Waals surface area contributed by atoms with E-state index in [0.29, 0.717) is 0 Å². The molecule has 0 bridgehead atoms. The molecule has 0 unspecified atom stereocenters. The summed E-state index contributed by atoms with van der Waals surface area (Å²) in [7, 11) is 0. The highest BCUT2D eigenvalue weighted by Gasteiger charge is 1.83. The van der Waals surface area contributed by atoms with Crippen molar-refractivity contribution in [2.24, 2.45) is 5.92 Å². The molecule has 0 nitrogen and oxygen atoms in total. The van der Waals surface area contributed by atoms with E-state index in [0.717, 1.165) is 12.3 Å². The van der Waals surface area contributed by atoms with Gasteiger partial charge in [0.05, 0.1) is 0 Å². The molecule has 0 aliphatic carbocycles. The van der Waals surface area contributed by atoms with Crippen molar-refractivity contribution in [2.75, 3.05) is 0 Å². The molecule has 0 spiro atoms. The van der Waals surface area contributed by atoms with Crippen LogP contribution in [0.25, 0.3) is 0 Å². The van der Waals surface area contributed by atoms with Crippen LogP contribution in [0.3, 0.4) is 0 Å². The smallest absolute Gasteiger partial charge is 0.0112 e. The summed E-state index contributed by atoms with van der Waals surface area (Å²) in [5.41, 5.74) is 0. The second kappa shape index (κ2) is 6.56. The first kappa shape index (κ1) is 10.5. The minimum Gasteiger partial charge on any atom is -0.107 e. The Morgan fingerprint density at radius 1 is 1.38 bits per heavy atom. The highest BCUT2D eigenvalue weighted by molar-refractivity contribution is 4.95. The van der Waals surface area contributed by atoms with Crippen LogP contribution in [0.15, 0.2) is 0 Å². The molecule has 0 radical (unpaired) electrons. The standard InChI is InChI=1S/C7H12.CH4/c1-4-5-6-7(2)3;/h7H,6H2,1-3H3;1H4. The molecule has 0 aliphatic heterocycles. The fourth-order valence-corrected chi connectivity index (χ4v) is 0.306. The lowest BCUT2D eigenvalue weighted by atomic mass is 10.1. The zero-order valence-electron chi connectivity index (χ0n) is 5.28. The molecule has 8 heavy (non-hydrogen) atoms. The first-order chi connectivity index (χ1) is 3.27. The molecular weight excluding hydrogens is 96.1 g/mol. The monoisotopic (exact) mass is 112 g/mol. The maximum absolute atomic E-state index is 3.00. The molecule has 0 aliphatic rings. The van der Waals surface area contributed by atoms with E-state index >= 15 is 0 Å². The van der Waals surface area contributed by atoms with Crippen LogP contribution in [0.4, 0.5) is 0 Å². The summed E-state index contributed by atoms with van der Waals surface area (Å²) in [6.07, 6.45) is 1.04. The van der Waals surface area contributed by atoms with Crippen molar-refractivity contribution in [2.45, 2.75) is 34.6 Å². The van der Waals surface area contributed by atoms with Crippen molar-refractivity contribution in [3.8, 4) is 11.8 Å². The van der Waals surface area contributed by atoms with E-state index in [-0.39, 0.29) is 7.43 Å². The van der Waals surface area contributed by atoms with E-state index in [1.807, 2.05) is 6.92 Å². The van der Waals surface area contributed by atoms with Crippen molar-refractivity contribution in [1.82, 2.24) is 0 Å². The van der Waals surface area contributed by atoms with Gasteiger partial charge in [-0.25, -0.2) is 0 Å². The van der Waals surface area contributed by atoms with Gasteiger partial charge < -0.3 is 0 Å². The normalized spacial score (nSPS) is 7.00. The molecule has 48 valence electrons. The number of hydrogen-bond acceptors (Lipinski definition) is 0. The molecule has 0 amide bonds. The van der Waals surface area contributed by atoms with Crippen LogP contribution in [0, 0.1) is 17.8 Å². The van der Waals surface area contributed by atoms with E-state index in [9.17, 15) is 0 Å². The molecule has 0 aromatic heterocycles. The molecule has 0 heteroatoms. The molecule has 0 aromatic rings. The molecule has 0 heterocycles.